The van der Waals surface area contributed by atoms with Crippen LogP contribution in [0.15, 0.2) is 47.2 Å². The average molecular weight is 289 g/mol. The third-order valence-corrected chi connectivity index (χ3v) is 3.71. The molecule has 2 rings (SSSR count). The van der Waals surface area contributed by atoms with E-state index in [9.17, 15) is 4.79 Å². The SMILES string of the molecule is CC(OCCCNC(=O)c1ccsc1)c1ccccc1. The second-order valence-electron chi connectivity index (χ2n) is 4.55. The molecule has 0 bridgehead atoms. The topological polar surface area (TPSA) is 38.3 Å². The van der Waals surface area contributed by atoms with Gasteiger partial charge >= 0.3 is 0 Å². The van der Waals surface area contributed by atoms with Gasteiger partial charge < -0.3 is 10.1 Å². The molecule has 0 spiro atoms. The standard InChI is InChI=1S/C16H19NO2S/c1-13(14-6-3-2-4-7-14)19-10-5-9-17-16(18)15-8-11-20-12-15/h2-4,6-8,11-13H,5,9-10H2,1H3,(H,17,18). The monoisotopic (exact) mass is 289 g/mol. The minimum absolute atomic E-state index is 0.0117. The van der Waals surface area contributed by atoms with E-state index in [1.807, 2.05) is 41.9 Å². The first kappa shape index (κ1) is 14.8. The van der Waals surface area contributed by atoms with Crippen LogP contribution in [0.5, 0.6) is 0 Å². The maximum atomic E-state index is 11.7. The molecule has 1 aromatic heterocycles. The number of carbonyl (C=O) groups is 1. The van der Waals surface area contributed by atoms with E-state index >= 15 is 0 Å². The Bertz CT molecular complexity index is 511. The van der Waals surface area contributed by atoms with Gasteiger partial charge in [-0.25, -0.2) is 0 Å². The first-order valence-electron chi connectivity index (χ1n) is 6.74. The highest BCUT2D eigenvalue weighted by atomic mass is 32.1. The Hall–Kier alpha value is -1.65. The molecule has 1 aromatic carbocycles. The third-order valence-electron chi connectivity index (χ3n) is 3.03. The summed E-state index contributed by atoms with van der Waals surface area (Å²) in [6, 6.07) is 12.0. The van der Waals surface area contributed by atoms with E-state index in [4.69, 9.17) is 4.74 Å². The van der Waals surface area contributed by atoms with Crippen LogP contribution in [0.4, 0.5) is 0 Å². The van der Waals surface area contributed by atoms with Crippen LogP contribution in [0.1, 0.15) is 35.4 Å². The van der Waals surface area contributed by atoms with E-state index in [0.29, 0.717) is 13.2 Å². The molecule has 0 aliphatic carbocycles. The van der Waals surface area contributed by atoms with Gasteiger partial charge in [-0.15, -0.1) is 0 Å². The molecule has 106 valence electrons. The fourth-order valence-corrected chi connectivity index (χ4v) is 2.49. The van der Waals surface area contributed by atoms with Crippen LogP contribution in [0.3, 0.4) is 0 Å². The molecule has 0 fully saturated rings. The van der Waals surface area contributed by atoms with Crippen LogP contribution in [-0.2, 0) is 4.74 Å². The summed E-state index contributed by atoms with van der Waals surface area (Å²) in [4.78, 5) is 11.7. The van der Waals surface area contributed by atoms with Crippen molar-refractivity contribution in [2.75, 3.05) is 13.2 Å². The maximum absolute atomic E-state index is 11.7. The van der Waals surface area contributed by atoms with E-state index in [2.05, 4.69) is 17.4 Å². The Kier molecular flexibility index (Phi) is 5.77. The van der Waals surface area contributed by atoms with Crippen LogP contribution in [-0.4, -0.2) is 19.1 Å². The number of carbonyl (C=O) groups excluding carboxylic acids is 1. The maximum Gasteiger partial charge on any atom is 0.252 e. The van der Waals surface area contributed by atoms with Crippen molar-refractivity contribution < 1.29 is 9.53 Å². The number of nitrogens with one attached hydrogen (secondary N) is 1. The fraction of sp³-hybridized carbons (Fsp3) is 0.312. The molecular formula is C16H19NO2S. The summed E-state index contributed by atoms with van der Waals surface area (Å²) in [5, 5.41) is 6.64. The van der Waals surface area contributed by atoms with Crippen molar-refractivity contribution in [3.8, 4) is 0 Å². The first-order valence-corrected chi connectivity index (χ1v) is 7.68. The Morgan fingerprint density at radius 2 is 2.10 bits per heavy atom. The number of amides is 1. The van der Waals surface area contributed by atoms with Gasteiger partial charge in [0.05, 0.1) is 6.10 Å². The smallest absolute Gasteiger partial charge is 0.252 e. The lowest BCUT2D eigenvalue weighted by Crippen LogP contribution is -2.24. The molecule has 2 aromatic rings. The highest BCUT2D eigenvalue weighted by Crippen LogP contribution is 2.15. The summed E-state index contributed by atoms with van der Waals surface area (Å²) in [6.45, 7) is 3.31. The molecule has 0 radical (unpaired) electrons. The molecule has 0 aliphatic rings. The summed E-state index contributed by atoms with van der Waals surface area (Å²) in [5.41, 5.74) is 1.91. The van der Waals surface area contributed by atoms with Crippen molar-refractivity contribution in [1.82, 2.24) is 5.32 Å². The first-order chi connectivity index (χ1) is 9.77. The molecule has 1 amide bonds. The minimum Gasteiger partial charge on any atom is -0.374 e. The van der Waals surface area contributed by atoms with E-state index in [1.54, 1.807) is 0 Å². The van der Waals surface area contributed by atoms with E-state index in [-0.39, 0.29) is 12.0 Å². The Balaban J connectivity index is 1.61. The summed E-state index contributed by atoms with van der Waals surface area (Å²) < 4.78 is 5.75. The fourth-order valence-electron chi connectivity index (χ4n) is 1.85. The highest BCUT2D eigenvalue weighted by molar-refractivity contribution is 7.08. The van der Waals surface area contributed by atoms with Gasteiger partial charge in [0.1, 0.15) is 0 Å². The van der Waals surface area contributed by atoms with Gasteiger partial charge in [-0.3, -0.25) is 4.79 Å². The molecule has 1 N–H and O–H groups in total. The molecular weight excluding hydrogens is 270 g/mol. The molecule has 0 aliphatic heterocycles. The van der Waals surface area contributed by atoms with Crippen molar-refractivity contribution in [1.29, 1.82) is 0 Å². The van der Waals surface area contributed by atoms with Crippen molar-refractivity contribution >= 4 is 17.2 Å². The van der Waals surface area contributed by atoms with Crippen LogP contribution in [0, 0.1) is 0 Å². The molecule has 4 heteroatoms. The predicted molar refractivity (Wildman–Crippen MR) is 82.1 cm³/mol. The number of ether oxygens (including phenoxy) is 1. The van der Waals surface area contributed by atoms with Crippen LogP contribution >= 0.6 is 11.3 Å². The summed E-state index contributed by atoms with van der Waals surface area (Å²) in [7, 11) is 0. The quantitative estimate of drug-likeness (QED) is 0.790. The molecule has 0 saturated carbocycles. The van der Waals surface area contributed by atoms with Crippen LogP contribution < -0.4 is 5.32 Å². The molecule has 3 nitrogen and oxygen atoms in total. The van der Waals surface area contributed by atoms with Gasteiger partial charge in [-0.05, 0) is 30.4 Å². The molecule has 1 heterocycles. The van der Waals surface area contributed by atoms with Crippen LogP contribution in [0.25, 0.3) is 0 Å². The lowest BCUT2D eigenvalue weighted by molar-refractivity contribution is 0.0635. The second kappa shape index (κ2) is 7.82. The van der Waals surface area contributed by atoms with Gasteiger partial charge in [0.15, 0.2) is 0 Å². The zero-order chi connectivity index (χ0) is 14.2. The Labute approximate surface area is 123 Å². The van der Waals surface area contributed by atoms with Gasteiger partial charge in [-0.2, -0.15) is 11.3 Å². The molecule has 20 heavy (non-hydrogen) atoms. The van der Waals surface area contributed by atoms with Gasteiger partial charge in [0, 0.05) is 24.1 Å². The molecule has 1 unspecified atom stereocenters. The normalized spacial score (nSPS) is 12.1. The predicted octanol–water partition coefficient (Wildman–Crippen LogP) is 3.65. The lowest BCUT2D eigenvalue weighted by Gasteiger charge is -2.13. The number of benzene rings is 1. The van der Waals surface area contributed by atoms with E-state index in [1.165, 1.54) is 16.9 Å². The van der Waals surface area contributed by atoms with Crippen LogP contribution in [0.2, 0.25) is 0 Å². The van der Waals surface area contributed by atoms with Crippen molar-refractivity contribution in [2.24, 2.45) is 0 Å². The zero-order valence-electron chi connectivity index (χ0n) is 11.5. The van der Waals surface area contributed by atoms with Crippen molar-refractivity contribution in [3.63, 3.8) is 0 Å². The second-order valence-corrected chi connectivity index (χ2v) is 5.33. The largest absolute Gasteiger partial charge is 0.374 e. The summed E-state index contributed by atoms with van der Waals surface area (Å²) >= 11 is 1.53. The third kappa shape index (κ3) is 4.47. The van der Waals surface area contributed by atoms with Gasteiger partial charge in [0.2, 0.25) is 0 Å². The number of hydrogen-bond acceptors (Lipinski definition) is 3. The van der Waals surface area contributed by atoms with E-state index < -0.39 is 0 Å². The van der Waals surface area contributed by atoms with Gasteiger partial charge in [-0.1, -0.05) is 30.3 Å². The van der Waals surface area contributed by atoms with Crippen molar-refractivity contribution in [2.45, 2.75) is 19.4 Å². The molecule has 0 saturated heterocycles. The summed E-state index contributed by atoms with van der Waals surface area (Å²) in [6.07, 6.45) is 0.899. The zero-order valence-corrected chi connectivity index (χ0v) is 12.4. The average Bonchev–Trinajstić information content (AvgIpc) is 3.01. The number of rotatable bonds is 7. The molecule has 1 atom stereocenters. The lowest BCUT2D eigenvalue weighted by atomic mass is 10.1. The van der Waals surface area contributed by atoms with Crippen molar-refractivity contribution in [3.05, 3.63) is 58.3 Å². The van der Waals surface area contributed by atoms with Gasteiger partial charge in [0.25, 0.3) is 5.91 Å². The highest BCUT2D eigenvalue weighted by Gasteiger charge is 2.06. The number of thiophene rings is 1. The Morgan fingerprint density at radius 1 is 1.30 bits per heavy atom. The minimum atomic E-state index is -0.0117. The van der Waals surface area contributed by atoms with E-state index in [0.717, 1.165) is 12.0 Å². The Morgan fingerprint density at radius 3 is 2.80 bits per heavy atom. The number of hydrogen-bond donors (Lipinski definition) is 1. The summed E-state index contributed by atoms with van der Waals surface area (Å²) in [5.74, 6) is -0.0117.